The first kappa shape index (κ1) is 14.5. The Morgan fingerprint density at radius 3 is 2.75 bits per heavy atom. The quantitative estimate of drug-likeness (QED) is 0.792. The molecule has 2 rings (SSSR count). The Morgan fingerprint density at radius 1 is 1.35 bits per heavy atom. The third kappa shape index (κ3) is 3.35. The van der Waals surface area contributed by atoms with Crippen molar-refractivity contribution in [2.24, 2.45) is 0 Å². The number of amides is 1. The van der Waals surface area contributed by atoms with E-state index in [0.717, 1.165) is 0 Å². The summed E-state index contributed by atoms with van der Waals surface area (Å²) in [6.07, 6.45) is 1.51. The van der Waals surface area contributed by atoms with Gasteiger partial charge in [-0.3, -0.25) is 4.79 Å². The Morgan fingerprint density at radius 2 is 2.10 bits per heavy atom. The summed E-state index contributed by atoms with van der Waals surface area (Å²) in [6.45, 7) is -0.123. The molecule has 1 heterocycles. The molecule has 0 spiro atoms. The maximum atomic E-state index is 12.9. The first-order valence-corrected chi connectivity index (χ1v) is 6.68. The van der Waals surface area contributed by atoms with Crippen molar-refractivity contribution in [1.82, 2.24) is 4.57 Å². The maximum Gasteiger partial charge on any atom is 0.352 e. The molecule has 104 valence electrons. The van der Waals surface area contributed by atoms with Gasteiger partial charge in [0.2, 0.25) is 5.91 Å². The molecule has 1 amide bonds. The van der Waals surface area contributed by atoms with Gasteiger partial charge in [0.05, 0.1) is 5.69 Å². The predicted molar refractivity (Wildman–Crippen MR) is 79.1 cm³/mol. The van der Waals surface area contributed by atoms with Gasteiger partial charge < -0.3 is 15.0 Å². The number of aromatic carboxylic acids is 1. The van der Waals surface area contributed by atoms with Crippen LogP contribution in [0.3, 0.4) is 0 Å². The molecule has 0 aliphatic carbocycles. The maximum absolute atomic E-state index is 12.9. The van der Waals surface area contributed by atoms with Crippen molar-refractivity contribution in [2.45, 2.75) is 6.54 Å². The fourth-order valence-corrected chi connectivity index (χ4v) is 2.29. The average Bonchev–Trinajstić information content (AvgIpc) is 2.81. The Bertz CT molecular complexity index is 669. The molecule has 0 atom stereocenters. The minimum absolute atomic E-state index is 0.0361. The first-order valence-electron chi connectivity index (χ1n) is 5.60. The van der Waals surface area contributed by atoms with Gasteiger partial charge in [0.25, 0.3) is 0 Å². The second kappa shape index (κ2) is 6.04. The molecule has 0 saturated heterocycles. The van der Waals surface area contributed by atoms with Crippen LogP contribution < -0.4 is 5.32 Å². The normalized spacial score (nSPS) is 10.3. The number of anilines is 1. The van der Waals surface area contributed by atoms with Crippen LogP contribution in [0.4, 0.5) is 10.1 Å². The molecule has 0 radical (unpaired) electrons. The summed E-state index contributed by atoms with van der Waals surface area (Å²) in [7, 11) is 0. The highest BCUT2D eigenvalue weighted by molar-refractivity contribution is 14.1. The van der Waals surface area contributed by atoms with E-state index in [2.05, 4.69) is 5.32 Å². The van der Waals surface area contributed by atoms with Crippen LogP contribution in [0.25, 0.3) is 0 Å². The van der Waals surface area contributed by atoms with Crippen LogP contribution in [0.15, 0.2) is 36.5 Å². The fourth-order valence-electron chi connectivity index (χ4n) is 1.68. The molecular formula is C13H10FIN2O3. The predicted octanol–water partition coefficient (Wildman–Crippen LogP) is 2.57. The van der Waals surface area contributed by atoms with E-state index in [1.165, 1.54) is 35.0 Å². The second-order valence-corrected chi connectivity index (χ2v) is 5.16. The molecule has 1 aromatic heterocycles. The highest BCUT2D eigenvalue weighted by Crippen LogP contribution is 2.19. The van der Waals surface area contributed by atoms with E-state index in [1.54, 1.807) is 6.07 Å². The topological polar surface area (TPSA) is 71.3 Å². The molecule has 5 nitrogen and oxygen atoms in total. The van der Waals surface area contributed by atoms with Crippen LogP contribution in [-0.2, 0) is 11.3 Å². The van der Waals surface area contributed by atoms with E-state index in [0.29, 0.717) is 9.26 Å². The molecule has 0 saturated carbocycles. The lowest BCUT2D eigenvalue weighted by atomic mass is 10.3. The van der Waals surface area contributed by atoms with E-state index in [1.807, 2.05) is 22.6 Å². The smallest absolute Gasteiger partial charge is 0.352 e. The zero-order valence-corrected chi connectivity index (χ0v) is 12.3. The van der Waals surface area contributed by atoms with Crippen molar-refractivity contribution in [3.63, 3.8) is 0 Å². The third-order valence-electron chi connectivity index (χ3n) is 2.57. The SMILES string of the molecule is O=C(Cn1cccc1C(=O)O)Nc1ccc(F)cc1I. The highest BCUT2D eigenvalue weighted by atomic mass is 127. The van der Waals surface area contributed by atoms with Crippen molar-refractivity contribution in [2.75, 3.05) is 5.32 Å². The first-order chi connectivity index (χ1) is 9.47. The van der Waals surface area contributed by atoms with Gasteiger partial charge in [-0.05, 0) is 52.9 Å². The van der Waals surface area contributed by atoms with Crippen molar-refractivity contribution < 1.29 is 19.1 Å². The summed E-state index contributed by atoms with van der Waals surface area (Å²) in [5.74, 6) is -1.86. The van der Waals surface area contributed by atoms with Crippen LogP contribution in [0.2, 0.25) is 0 Å². The third-order valence-corrected chi connectivity index (χ3v) is 3.46. The fraction of sp³-hybridized carbons (Fsp3) is 0.0769. The number of carbonyl (C=O) groups is 2. The van der Waals surface area contributed by atoms with Crippen LogP contribution >= 0.6 is 22.6 Å². The molecule has 20 heavy (non-hydrogen) atoms. The van der Waals surface area contributed by atoms with E-state index >= 15 is 0 Å². The van der Waals surface area contributed by atoms with E-state index in [-0.39, 0.29) is 24.0 Å². The summed E-state index contributed by atoms with van der Waals surface area (Å²) < 4.78 is 14.8. The molecule has 2 aromatic rings. The summed E-state index contributed by atoms with van der Waals surface area (Å²) >= 11 is 1.91. The van der Waals surface area contributed by atoms with Crippen molar-refractivity contribution in [1.29, 1.82) is 0 Å². The van der Waals surface area contributed by atoms with Crippen molar-refractivity contribution in [3.05, 3.63) is 51.6 Å². The van der Waals surface area contributed by atoms with Gasteiger partial charge >= 0.3 is 5.97 Å². The van der Waals surface area contributed by atoms with Gasteiger partial charge in [-0.25, -0.2) is 9.18 Å². The Labute approximate surface area is 127 Å². The van der Waals surface area contributed by atoms with Crippen LogP contribution in [0, 0.1) is 9.39 Å². The standard InChI is InChI=1S/C13H10FIN2O3/c14-8-3-4-10(9(15)6-8)16-12(18)7-17-5-1-2-11(17)13(19)20/h1-6H,7H2,(H,16,18)(H,19,20). The molecule has 1 aromatic carbocycles. The van der Waals surface area contributed by atoms with Crippen LogP contribution in [-0.4, -0.2) is 21.6 Å². The Hall–Kier alpha value is -1.90. The number of aromatic nitrogens is 1. The van der Waals surface area contributed by atoms with Crippen LogP contribution in [0.5, 0.6) is 0 Å². The zero-order chi connectivity index (χ0) is 14.7. The lowest BCUT2D eigenvalue weighted by molar-refractivity contribution is -0.116. The molecule has 0 aliphatic rings. The van der Waals surface area contributed by atoms with Gasteiger partial charge in [-0.1, -0.05) is 0 Å². The van der Waals surface area contributed by atoms with Gasteiger partial charge in [0.1, 0.15) is 18.1 Å². The minimum Gasteiger partial charge on any atom is -0.477 e. The Kier molecular flexibility index (Phi) is 4.38. The van der Waals surface area contributed by atoms with Crippen LogP contribution in [0.1, 0.15) is 10.5 Å². The number of carboxylic acids is 1. The largest absolute Gasteiger partial charge is 0.477 e. The number of hydrogen-bond acceptors (Lipinski definition) is 2. The molecule has 0 bridgehead atoms. The summed E-state index contributed by atoms with van der Waals surface area (Å²) in [4.78, 5) is 22.8. The molecular weight excluding hydrogens is 378 g/mol. The number of nitrogens with zero attached hydrogens (tertiary/aromatic N) is 1. The highest BCUT2D eigenvalue weighted by Gasteiger charge is 2.12. The molecule has 0 aliphatic heterocycles. The van der Waals surface area contributed by atoms with Crippen molar-refractivity contribution >= 4 is 40.2 Å². The number of carboxylic acid groups (broad SMARTS) is 1. The average molecular weight is 388 g/mol. The monoisotopic (exact) mass is 388 g/mol. The number of benzene rings is 1. The second-order valence-electron chi connectivity index (χ2n) is 4.00. The Balaban J connectivity index is 2.09. The van der Waals surface area contributed by atoms with Gasteiger partial charge in [0.15, 0.2) is 0 Å². The van der Waals surface area contributed by atoms with Gasteiger partial charge in [-0.15, -0.1) is 0 Å². The molecule has 0 fully saturated rings. The molecule has 2 N–H and O–H groups in total. The van der Waals surface area contributed by atoms with Gasteiger partial charge in [-0.2, -0.15) is 0 Å². The van der Waals surface area contributed by atoms with E-state index in [4.69, 9.17) is 5.11 Å². The molecule has 0 unspecified atom stereocenters. The summed E-state index contributed by atoms with van der Waals surface area (Å²) in [5.41, 5.74) is 0.523. The molecule has 7 heteroatoms. The lowest BCUT2D eigenvalue weighted by Gasteiger charge is -2.09. The number of rotatable bonds is 4. The number of hydrogen-bond donors (Lipinski definition) is 2. The van der Waals surface area contributed by atoms with Gasteiger partial charge in [0, 0.05) is 9.77 Å². The van der Waals surface area contributed by atoms with Crippen molar-refractivity contribution in [3.8, 4) is 0 Å². The zero-order valence-electron chi connectivity index (χ0n) is 10.1. The number of nitrogens with one attached hydrogen (secondary N) is 1. The number of carbonyl (C=O) groups excluding carboxylic acids is 1. The summed E-state index contributed by atoms with van der Waals surface area (Å²) in [5, 5.41) is 11.6. The number of halogens is 2. The summed E-state index contributed by atoms with van der Waals surface area (Å²) in [6, 6.07) is 6.98. The minimum atomic E-state index is -1.10. The lowest BCUT2D eigenvalue weighted by Crippen LogP contribution is -2.21. The van der Waals surface area contributed by atoms with E-state index < -0.39 is 5.97 Å². The van der Waals surface area contributed by atoms with E-state index in [9.17, 15) is 14.0 Å².